The number of alkyl halides is 3. The van der Waals surface area contributed by atoms with E-state index < -0.39 is 11.7 Å². The molecular formula is C36H43F3N2O4. The molecule has 0 fully saturated rings. The number of benzene rings is 3. The van der Waals surface area contributed by atoms with Crippen molar-refractivity contribution in [3.8, 4) is 11.5 Å². The van der Waals surface area contributed by atoms with Crippen molar-refractivity contribution in [3.63, 3.8) is 0 Å². The molecule has 0 spiro atoms. The summed E-state index contributed by atoms with van der Waals surface area (Å²) in [4.78, 5) is 27.7. The lowest BCUT2D eigenvalue weighted by Gasteiger charge is -2.23. The first kappa shape index (κ1) is 35.4. The Kier molecular flexibility index (Phi) is 13.2. The SMILES string of the molecule is C=c1ccc(C(=O)NCCOC)c(C)/c1=C/N(C)CC(CCC)CCCC(=O)c1ccc(Oc2cccc(C(F)(F)F)c2)cc1. The van der Waals surface area contributed by atoms with Crippen molar-refractivity contribution in [2.24, 2.45) is 5.92 Å². The molecule has 242 valence electrons. The van der Waals surface area contributed by atoms with Gasteiger partial charge in [0.2, 0.25) is 0 Å². The Morgan fingerprint density at radius 3 is 2.44 bits per heavy atom. The van der Waals surface area contributed by atoms with Crippen LogP contribution >= 0.6 is 0 Å². The summed E-state index contributed by atoms with van der Waals surface area (Å²) in [7, 11) is 3.61. The highest BCUT2D eigenvalue weighted by Crippen LogP contribution is 2.32. The maximum Gasteiger partial charge on any atom is 0.416 e. The number of rotatable bonds is 16. The lowest BCUT2D eigenvalue weighted by atomic mass is 9.94. The maximum absolute atomic E-state index is 13.0. The lowest BCUT2D eigenvalue weighted by Crippen LogP contribution is -2.35. The number of nitrogens with zero attached hydrogens (tertiary/aromatic N) is 1. The van der Waals surface area contributed by atoms with Gasteiger partial charge in [-0.05, 0) is 91.4 Å². The number of Topliss-reactive ketones (excluding diaryl/α,β-unsaturated/α-hetero) is 1. The molecule has 3 rings (SSSR count). The first-order valence-corrected chi connectivity index (χ1v) is 15.2. The van der Waals surface area contributed by atoms with Crippen LogP contribution in [0.15, 0.2) is 60.7 Å². The Hall–Kier alpha value is -4.11. The number of amides is 1. The van der Waals surface area contributed by atoms with Crippen LogP contribution in [0.3, 0.4) is 0 Å². The molecule has 0 aromatic heterocycles. The minimum absolute atomic E-state index is 0.00805. The monoisotopic (exact) mass is 624 g/mol. The molecule has 9 heteroatoms. The van der Waals surface area contributed by atoms with Crippen LogP contribution in [0.5, 0.6) is 11.5 Å². The predicted octanol–water partition coefficient (Wildman–Crippen LogP) is 6.73. The third kappa shape index (κ3) is 10.8. The molecule has 6 nitrogen and oxygen atoms in total. The Bertz CT molecular complexity index is 1540. The number of hydrogen-bond acceptors (Lipinski definition) is 5. The summed E-state index contributed by atoms with van der Waals surface area (Å²) in [6.07, 6.45) is 1.64. The Morgan fingerprint density at radius 1 is 1.04 bits per heavy atom. The Labute approximate surface area is 263 Å². The van der Waals surface area contributed by atoms with E-state index in [0.717, 1.165) is 60.4 Å². The average molecular weight is 625 g/mol. The van der Waals surface area contributed by atoms with Gasteiger partial charge in [0, 0.05) is 56.2 Å². The molecule has 3 aromatic rings. The number of carbonyl (C=O) groups is 2. The summed E-state index contributed by atoms with van der Waals surface area (Å²) in [6, 6.07) is 14.8. The summed E-state index contributed by atoms with van der Waals surface area (Å²) in [5.74, 6) is 0.667. The van der Waals surface area contributed by atoms with Gasteiger partial charge in [-0.3, -0.25) is 9.59 Å². The zero-order valence-corrected chi connectivity index (χ0v) is 26.5. The summed E-state index contributed by atoms with van der Waals surface area (Å²) < 4.78 is 49.6. The number of ether oxygens (including phenoxy) is 2. The van der Waals surface area contributed by atoms with Crippen molar-refractivity contribution < 1.29 is 32.2 Å². The second-order valence-corrected chi connectivity index (χ2v) is 11.3. The highest BCUT2D eigenvalue weighted by atomic mass is 19.4. The van der Waals surface area contributed by atoms with Crippen molar-refractivity contribution in [1.29, 1.82) is 0 Å². The second-order valence-electron chi connectivity index (χ2n) is 11.3. The zero-order valence-electron chi connectivity index (χ0n) is 26.5. The van der Waals surface area contributed by atoms with Gasteiger partial charge in [-0.2, -0.15) is 13.2 Å². The van der Waals surface area contributed by atoms with Crippen molar-refractivity contribution >= 4 is 24.5 Å². The fourth-order valence-electron chi connectivity index (χ4n) is 5.26. The van der Waals surface area contributed by atoms with Crippen LogP contribution < -0.4 is 20.5 Å². The van der Waals surface area contributed by atoms with Gasteiger partial charge in [0.15, 0.2) is 5.78 Å². The smallest absolute Gasteiger partial charge is 0.416 e. The number of hydrogen-bond donors (Lipinski definition) is 1. The zero-order chi connectivity index (χ0) is 33.0. The third-order valence-corrected chi connectivity index (χ3v) is 7.62. The van der Waals surface area contributed by atoms with Gasteiger partial charge in [-0.15, -0.1) is 0 Å². The van der Waals surface area contributed by atoms with Crippen LogP contribution in [0.2, 0.25) is 0 Å². The first-order valence-electron chi connectivity index (χ1n) is 15.2. The van der Waals surface area contributed by atoms with Crippen LogP contribution in [-0.2, 0) is 10.9 Å². The number of methoxy groups -OCH3 is 1. The van der Waals surface area contributed by atoms with Crippen LogP contribution in [0.1, 0.15) is 70.9 Å². The second kappa shape index (κ2) is 16.8. The van der Waals surface area contributed by atoms with E-state index in [4.69, 9.17) is 9.47 Å². The third-order valence-electron chi connectivity index (χ3n) is 7.62. The molecule has 0 aliphatic heterocycles. The van der Waals surface area contributed by atoms with E-state index in [9.17, 15) is 22.8 Å². The Morgan fingerprint density at radius 2 is 1.78 bits per heavy atom. The largest absolute Gasteiger partial charge is 0.457 e. The number of nitrogens with one attached hydrogen (secondary N) is 1. The van der Waals surface area contributed by atoms with Gasteiger partial charge >= 0.3 is 6.18 Å². The molecule has 1 amide bonds. The van der Waals surface area contributed by atoms with E-state index in [1.807, 2.05) is 26.2 Å². The molecule has 1 unspecified atom stereocenters. The standard InChI is InChI=1S/C36H43F3N2O4/c1-6-9-27(23-41(4)24-33-25(2)14-19-32(26(33)3)35(43)40-20-21-44-5)10-7-13-34(42)28-15-17-30(18-16-28)45-31-12-8-11-29(22-31)36(37,38)39/h8,11-12,14-19,22,24,27H,2,6-7,9-10,13,20-21,23H2,1,3-5H3,(H,40,43)/b33-24+. The van der Waals surface area contributed by atoms with E-state index in [2.05, 4.69) is 23.7 Å². The number of halogens is 3. The molecule has 0 aliphatic carbocycles. The Balaban J connectivity index is 1.57. The highest BCUT2D eigenvalue weighted by molar-refractivity contribution is 5.96. The maximum atomic E-state index is 13.0. The summed E-state index contributed by atoms with van der Waals surface area (Å²) >= 11 is 0. The van der Waals surface area contributed by atoms with E-state index in [0.29, 0.717) is 42.4 Å². The molecule has 45 heavy (non-hydrogen) atoms. The minimum atomic E-state index is -4.45. The van der Waals surface area contributed by atoms with Gasteiger partial charge in [-0.1, -0.05) is 32.1 Å². The van der Waals surface area contributed by atoms with E-state index in [1.54, 1.807) is 37.4 Å². The van der Waals surface area contributed by atoms with Gasteiger partial charge in [0.1, 0.15) is 11.5 Å². The van der Waals surface area contributed by atoms with Crippen molar-refractivity contribution in [2.75, 3.05) is 33.9 Å². The van der Waals surface area contributed by atoms with Crippen LogP contribution in [-0.4, -0.2) is 50.4 Å². The van der Waals surface area contributed by atoms with Crippen molar-refractivity contribution in [3.05, 3.63) is 93.4 Å². The summed E-state index contributed by atoms with van der Waals surface area (Å²) in [6.45, 7) is 9.92. The summed E-state index contributed by atoms with van der Waals surface area (Å²) in [5.41, 5.74) is 1.23. The van der Waals surface area contributed by atoms with Gasteiger partial charge in [-0.25, -0.2) is 0 Å². The van der Waals surface area contributed by atoms with Crippen molar-refractivity contribution in [1.82, 2.24) is 10.2 Å². The predicted molar refractivity (Wildman–Crippen MR) is 172 cm³/mol. The molecule has 0 saturated heterocycles. The molecule has 0 radical (unpaired) electrons. The lowest BCUT2D eigenvalue weighted by molar-refractivity contribution is -0.137. The fraction of sp³-hybridized carbons (Fsp3) is 0.389. The highest BCUT2D eigenvalue weighted by Gasteiger charge is 2.30. The molecule has 0 bridgehead atoms. The van der Waals surface area contributed by atoms with Crippen LogP contribution in [0, 0.1) is 12.8 Å². The van der Waals surface area contributed by atoms with E-state index >= 15 is 0 Å². The average Bonchev–Trinajstić information content (AvgIpc) is 2.99. The minimum Gasteiger partial charge on any atom is -0.457 e. The van der Waals surface area contributed by atoms with Gasteiger partial charge in [0.25, 0.3) is 5.91 Å². The number of carbonyl (C=O) groups excluding carboxylic acids is 2. The molecule has 1 atom stereocenters. The molecule has 0 aliphatic rings. The van der Waals surface area contributed by atoms with E-state index in [1.165, 1.54) is 12.1 Å². The van der Waals surface area contributed by atoms with E-state index in [-0.39, 0.29) is 17.4 Å². The molecule has 0 heterocycles. The first-order chi connectivity index (χ1) is 21.4. The van der Waals surface area contributed by atoms with Gasteiger partial charge < -0.3 is 19.7 Å². The summed E-state index contributed by atoms with van der Waals surface area (Å²) in [5, 5.41) is 4.64. The topological polar surface area (TPSA) is 67.9 Å². The van der Waals surface area contributed by atoms with Crippen LogP contribution in [0.25, 0.3) is 12.8 Å². The quantitative estimate of drug-likeness (QED) is 0.141. The molecular weight excluding hydrogens is 581 g/mol. The molecule has 0 saturated carbocycles. The number of ketones is 1. The molecule has 1 N–H and O–H groups in total. The molecule has 3 aromatic carbocycles. The van der Waals surface area contributed by atoms with Gasteiger partial charge in [0.05, 0.1) is 12.2 Å². The normalized spacial score (nSPS) is 12.6. The van der Waals surface area contributed by atoms with Crippen molar-refractivity contribution in [2.45, 2.75) is 52.1 Å². The fourth-order valence-corrected chi connectivity index (χ4v) is 5.26. The van der Waals surface area contributed by atoms with Crippen LogP contribution in [0.4, 0.5) is 13.2 Å².